The predicted molar refractivity (Wildman–Crippen MR) is 113 cm³/mol. The molecule has 0 saturated heterocycles. The van der Waals surface area contributed by atoms with Gasteiger partial charge in [0.1, 0.15) is 22.8 Å². The minimum Gasteiger partial charge on any atom is -0.497 e. The zero-order valence-corrected chi connectivity index (χ0v) is 17.1. The van der Waals surface area contributed by atoms with Gasteiger partial charge in [0.2, 0.25) is 0 Å². The lowest BCUT2D eigenvalue weighted by atomic mass is 9.89. The molecule has 1 N–H and O–H groups in total. The summed E-state index contributed by atoms with van der Waals surface area (Å²) in [6, 6.07) is 17.2. The minimum atomic E-state index is -0.396. The first-order valence-electron chi connectivity index (χ1n) is 9.65. The topological polar surface area (TPSA) is 56.8 Å². The van der Waals surface area contributed by atoms with Crippen LogP contribution in [0.1, 0.15) is 42.2 Å². The van der Waals surface area contributed by atoms with Gasteiger partial charge in [0.25, 0.3) is 5.91 Å². The van der Waals surface area contributed by atoms with E-state index in [0.29, 0.717) is 17.7 Å². The SMILES string of the molecule is COc1ccc2c(c1)[C@H](NC(=O)c1cc3ccccc3cc1OC)CC(C)(C)O2. The molecule has 1 aliphatic rings. The lowest BCUT2D eigenvalue weighted by molar-refractivity contribution is 0.0617. The molecule has 0 fully saturated rings. The summed E-state index contributed by atoms with van der Waals surface area (Å²) in [6.45, 7) is 4.05. The summed E-state index contributed by atoms with van der Waals surface area (Å²) in [6.07, 6.45) is 0.648. The van der Waals surface area contributed by atoms with Crippen molar-refractivity contribution in [2.75, 3.05) is 14.2 Å². The van der Waals surface area contributed by atoms with Crippen LogP contribution in [0.25, 0.3) is 10.8 Å². The Balaban J connectivity index is 1.70. The fourth-order valence-corrected chi connectivity index (χ4v) is 3.89. The summed E-state index contributed by atoms with van der Waals surface area (Å²) in [7, 11) is 3.21. The molecule has 150 valence electrons. The van der Waals surface area contributed by atoms with Gasteiger partial charge in [-0.1, -0.05) is 24.3 Å². The van der Waals surface area contributed by atoms with E-state index in [-0.39, 0.29) is 11.9 Å². The molecule has 0 saturated carbocycles. The Morgan fingerprint density at radius 3 is 2.45 bits per heavy atom. The van der Waals surface area contributed by atoms with E-state index in [0.717, 1.165) is 27.8 Å². The number of hydrogen-bond donors (Lipinski definition) is 1. The van der Waals surface area contributed by atoms with Crippen molar-refractivity contribution in [3.05, 3.63) is 65.7 Å². The van der Waals surface area contributed by atoms with Crippen molar-refractivity contribution >= 4 is 16.7 Å². The van der Waals surface area contributed by atoms with Gasteiger partial charge in [-0.05, 0) is 55.0 Å². The van der Waals surface area contributed by atoms with Crippen molar-refractivity contribution in [1.29, 1.82) is 0 Å². The van der Waals surface area contributed by atoms with Crippen LogP contribution in [0.5, 0.6) is 17.2 Å². The Bertz CT molecular complexity index is 1070. The lowest BCUT2D eigenvalue weighted by Gasteiger charge is -2.38. The third kappa shape index (κ3) is 3.73. The lowest BCUT2D eigenvalue weighted by Crippen LogP contribution is -2.41. The van der Waals surface area contributed by atoms with Gasteiger partial charge in [-0.15, -0.1) is 0 Å². The third-order valence-electron chi connectivity index (χ3n) is 5.29. The Labute approximate surface area is 170 Å². The molecule has 5 nitrogen and oxygen atoms in total. The average Bonchev–Trinajstić information content (AvgIpc) is 2.71. The molecule has 0 radical (unpaired) electrons. The van der Waals surface area contributed by atoms with Crippen LogP contribution in [-0.4, -0.2) is 25.7 Å². The molecule has 3 aromatic carbocycles. The standard InChI is InChI=1S/C24H25NO4/c1-24(2)14-20(18-13-17(27-3)9-10-21(18)29-24)25-23(26)19-11-15-7-5-6-8-16(15)12-22(19)28-4/h5-13,20H,14H2,1-4H3,(H,25,26)/t20-/m1/s1. The van der Waals surface area contributed by atoms with Crippen LogP contribution in [0.4, 0.5) is 0 Å². The molecule has 1 aliphatic heterocycles. The Morgan fingerprint density at radius 2 is 1.76 bits per heavy atom. The van der Waals surface area contributed by atoms with Gasteiger partial charge in [0.05, 0.1) is 25.8 Å². The molecule has 0 aliphatic carbocycles. The van der Waals surface area contributed by atoms with E-state index in [1.165, 1.54) is 0 Å². The van der Waals surface area contributed by atoms with Gasteiger partial charge in [0, 0.05) is 12.0 Å². The van der Waals surface area contributed by atoms with Crippen LogP contribution in [0.3, 0.4) is 0 Å². The molecule has 0 spiro atoms. The van der Waals surface area contributed by atoms with E-state index in [1.807, 2.05) is 68.4 Å². The van der Waals surface area contributed by atoms with E-state index in [4.69, 9.17) is 14.2 Å². The first kappa shape index (κ1) is 19.1. The monoisotopic (exact) mass is 391 g/mol. The average molecular weight is 391 g/mol. The van der Waals surface area contributed by atoms with Crippen molar-refractivity contribution in [2.45, 2.75) is 31.9 Å². The zero-order valence-electron chi connectivity index (χ0n) is 17.1. The smallest absolute Gasteiger partial charge is 0.255 e. The first-order chi connectivity index (χ1) is 13.9. The maximum atomic E-state index is 13.2. The van der Waals surface area contributed by atoms with Gasteiger partial charge in [-0.2, -0.15) is 0 Å². The Morgan fingerprint density at radius 1 is 1.03 bits per heavy atom. The number of ether oxygens (including phenoxy) is 3. The summed E-state index contributed by atoms with van der Waals surface area (Å²) in [4.78, 5) is 13.2. The molecule has 0 aromatic heterocycles. The highest BCUT2D eigenvalue weighted by Crippen LogP contribution is 2.41. The number of fused-ring (bicyclic) bond motifs is 2. The summed E-state index contributed by atoms with van der Waals surface area (Å²) < 4.78 is 17.0. The van der Waals surface area contributed by atoms with E-state index in [2.05, 4.69) is 5.32 Å². The van der Waals surface area contributed by atoms with Gasteiger partial charge in [-0.25, -0.2) is 0 Å². The van der Waals surface area contributed by atoms with Gasteiger partial charge < -0.3 is 19.5 Å². The number of nitrogens with one attached hydrogen (secondary N) is 1. The van der Waals surface area contributed by atoms with E-state index in [9.17, 15) is 4.79 Å². The zero-order chi connectivity index (χ0) is 20.6. The van der Waals surface area contributed by atoms with Crippen molar-refractivity contribution in [2.24, 2.45) is 0 Å². The van der Waals surface area contributed by atoms with Crippen LogP contribution in [-0.2, 0) is 0 Å². The van der Waals surface area contributed by atoms with E-state index < -0.39 is 5.60 Å². The van der Waals surface area contributed by atoms with Gasteiger partial charge in [-0.3, -0.25) is 4.79 Å². The molecule has 4 rings (SSSR count). The van der Waals surface area contributed by atoms with Crippen molar-refractivity contribution in [1.82, 2.24) is 5.32 Å². The predicted octanol–water partition coefficient (Wildman–Crippen LogP) is 4.89. The molecule has 5 heteroatoms. The molecule has 0 unspecified atom stereocenters. The van der Waals surface area contributed by atoms with Crippen LogP contribution in [0.15, 0.2) is 54.6 Å². The van der Waals surface area contributed by atoms with Crippen LogP contribution >= 0.6 is 0 Å². The molecule has 0 bridgehead atoms. The van der Waals surface area contributed by atoms with Crippen LogP contribution in [0.2, 0.25) is 0 Å². The summed E-state index contributed by atoms with van der Waals surface area (Å²) >= 11 is 0. The molecule has 1 heterocycles. The molecule has 1 amide bonds. The van der Waals surface area contributed by atoms with E-state index in [1.54, 1.807) is 14.2 Å². The fourth-order valence-electron chi connectivity index (χ4n) is 3.89. The highest BCUT2D eigenvalue weighted by atomic mass is 16.5. The number of carbonyl (C=O) groups excluding carboxylic acids is 1. The van der Waals surface area contributed by atoms with Crippen molar-refractivity contribution in [3.63, 3.8) is 0 Å². The molecular formula is C24H25NO4. The number of rotatable bonds is 4. The van der Waals surface area contributed by atoms with Crippen molar-refractivity contribution < 1.29 is 19.0 Å². The van der Waals surface area contributed by atoms with Gasteiger partial charge >= 0.3 is 0 Å². The highest BCUT2D eigenvalue weighted by Gasteiger charge is 2.35. The van der Waals surface area contributed by atoms with Crippen molar-refractivity contribution in [3.8, 4) is 17.2 Å². The van der Waals surface area contributed by atoms with Crippen LogP contribution in [0, 0.1) is 0 Å². The molecular weight excluding hydrogens is 366 g/mol. The van der Waals surface area contributed by atoms with Gasteiger partial charge in [0.15, 0.2) is 0 Å². The third-order valence-corrected chi connectivity index (χ3v) is 5.29. The highest BCUT2D eigenvalue weighted by molar-refractivity contribution is 6.01. The molecule has 1 atom stereocenters. The molecule has 3 aromatic rings. The second-order valence-electron chi connectivity index (χ2n) is 7.90. The Kier molecular flexibility index (Phi) is 4.82. The normalized spacial score (nSPS) is 17.2. The number of hydrogen-bond acceptors (Lipinski definition) is 4. The number of methoxy groups -OCH3 is 2. The maximum absolute atomic E-state index is 13.2. The van der Waals surface area contributed by atoms with Crippen LogP contribution < -0.4 is 19.5 Å². The molecule has 29 heavy (non-hydrogen) atoms. The summed E-state index contributed by atoms with van der Waals surface area (Å²) in [5.41, 5.74) is 1.03. The fraction of sp³-hybridized carbons (Fsp3) is 0.292. The Hall–Kier alpha value is -3.21. The summed E-state index contributed by atoms with van der Waals surface area (Å²) in [5, 5.41) is 5.21. The second-order valence-corrected chi connectivity index (χ2v) is 7.90. The second kappa shape index (κ2) is 7.32. The first-order valence-corrected chi connectivity index (χ1v) is 9.65. The van der Waals surface area contributed by atoms with E-state index >= 15 is 0 Å². The minimum absolute atomic E-state index is 0.177. The summed E-state index contributed by atoms with van der Waals surface area (Å²) in [5.74, 6) is 1.87. The number of amides is 1. The number of carbonyl (C=O) groups is 1. The largest absolute Gasteiger partial charge is 0.497 e. The quantitative estimate of drug-likeness (QED) is 0.688. The maximum Gasteiger partial charge on any atom is 0.255 e. The number of benzene rings is 3.